The van der Waals surface area contributed by atoms with E-state index in [-0.39, 0.29) is 6.04 Å². The summed E-state index contributed by atoms with van der Waals surface area (Å²) in [6, 6.07) is 11.7. The molecule has 1 aromatic carbocycles. The van der Waals surface area contributed by atoms with E-state index in [0.717, 1.165) is 12.0 Å². The van der Waals surface area contributed by atoms with Crippen LogP contribution in [-0.4, -0.2) is 10.6 Å². The Bertz CT molecular complexity index is 608. The molecule has 1 heterocycles. The molecule has 1 aromatic heterocycles. The van der Waals surface area contributed by atoms with Crippen molar-refractivity contribution in [1.82, 2.24) is 4.57 Å². The Morgan fingerprint density at radius 2 is 2.21 bits per heavy atom. The quantitative estimate of drug-likeness (QED) is 0.931. The molecule has 0 saturated carbocycles. The minimum atomic E-state index is 0.130. The van der Waals surface area contributed by atoms with Gasteiger partial charge in [-0.3, -0.25) is 0 Å². The van der Waals surface area contributed by atoms with Gasteiger partial charge in [-0.1, -0.05) is 17.7 Å². The Morgan fingerprint density at radius 1 is 1.42 bits per heavy atom. The summed E-state index contributed by atoms with van der Waals surface area (Å²) in [6.07, 6.45) is 2.85. The van der Waals surface area contributed by atoms with E-state index < -0.39 is 0 Å². The molecule has 3 nitrogen and oxygen atoms in total. The van der Waals surface area contributed by atoms with Crippen molar-refractivity contribution < 1.29 is 0 Å². The van der Waals surface area contributed by atoms with Gasteiger partial charge in [-0.25, -0.2) is 0 Å². The van der Waals surface area contributed by atoms with Crippen molar-refractivity contribution in [3.8, 4) is 6.07 Å². The minimum Gasteiger partial charge on any atom is -0.347 e. The van der Waals surface area contributed by atoms with Crippen LogP contribution in [0.5, 0.6) is 0 Å². The lowest BCUT2D eigenvalue weighted by Gasteiger charge is -2.12. The average Bonchev–Trinajstić information content (AvgIpc) is 2.78. The van der Waals surface area contributed by atoms with Crippen molar-refractivity contribution in [3.63, 3.8) is 0 Å². The zero-order valence-electron chi connectivity index (χ0n) is 10.8. The molecular formula is C15H16ClN3. The number of aromatic nitrogens is 1. The zero-order chi connectivity index (χ0) is 13.8. The molecule has 0 bridgehead atoms. The molecule has 0 radical (unpaired) electrons. The highest BCUT2D eigenvalue weighted by molar-refractivity contribution is 6.31. The highest BCUT2D eigenvalue weighted by atomic mass is 35.5. The summed E-state index contributed by atoms with van der Waals surface area (Å²) >= 11 is 6.19. The fraction of sp³-hybridized carbons (Fsp3) is 0.267. The highest BCUT2D eigenvalue weighted by Crippen LogP contribution is 2.20. The van der Waals surface area contributed by atoms with Crippen molar-refractivity contribution in [2.75, 3.05) is 0 Å². The topological polar surface area (TPSA) is 54.7 Å². The van der Waals surface area contributed by atoms with Gasteiger partial charge in [0.25, 0.3) is 0 Å². The van der Waals surface area contributed by atoms with Crippen LogP contribution in [0.1, 0.15) is 23.7 Å². The SMILES string of the molecule is CC(N)Cc1cccn1Cc1ccc(C#N)cc1Cl. The monoisotopic (exact) mass is 273 g/mol. The van der Waals surface area contributed by atoms with Crippen LogP contribution in [0.4, 0.5) is 0 Å². The second kappa shape index (κ2) is 5.92. The first-order chi connectivity index (χ1) is 9.10. The lowest BCUT2D eigenvalue weighted by molar-refractivity contribution is 0.666. The van der Waals surface area contributed by atoms with Crippen LogP contribution >= 0.6 is 11.6 Å². The summed E-state index contributed by atoms with van der Waals surface area (Å²) in [5.74, 6) is 0. The summed E-state index contributed by atoms with van der Waals surface area (Å²) in [4.78, 5) is 0. The first-order valence-corrected chi connectivity index (χ1v) is 6.56. The predicted molar refractivity (Wildman–Crippen MR) is 77.1 cm³/mol. The van der Waals surface area contributed by atoms with Crippen LogP contribution < -0.4 is 5.73 Å². The van der Waals surface area contributed by atoms with Crippen molar-refractivity contribution in [2.24, 2.45) is 5.73 Å². The maximum Gasteiger partial charge on any atom is 0.0992 e. The zero-order valence-corrected chi connectivity index (χ0v) is 11.6. The Kier molecular flexibility index (Phi) is 4.26. The van der Waals surface area contributed by atoms with E-state index in [1.165, 1.54) is 5.69 Å². The first-order valence-electron chi connectivity index (χ1n) is 6.18. The van der Waals surface area contributed by atoms with Crippen molar-refractivity contribution in [3.05, 3.63) is 58.4 Å². The van der Waals surface area contributed by atoms with E-state index in [1.807, 2.05) is 25.3 Å². The van der Waals surface area contributed by atoms with Gasteiger partial charge >= 0.3 is 0 Å². The second-order valence-corrected chi connectivity index (χ2v) is 5.13. The summed E-state index contributed by atoms with van der Waals surface area (Å²) in [7, 11) is 0. The Hall–Kier alpha value is -1.76. The van der Waals surface area contributed by atoms with Crippen LogP contribution in [0.25, 0.3) is 0 Å². The molecule has 0 amide bonds. The molecule has 1 unspecified atom stereocenters. The number of hydrogen-bond donors (Lipinski definition) is 1. The van der Waals surface area contributed by atoms with Crippen molar-refractivity contribution in [1.29, 1.82) is 5.26 Å². The van der Waals surface area contributed by atoms with Gasteiger partial charge < -0.3 is 10.3 Å². The largest absolute Gasteiger partial charge is 0.347 e. The van der Waals surface area contributed by atoms with E-state index in [9.17, 15) is 0 Å². The van der Waals surface area contributed by atoms with E-state index in [4.69, 9.17) is 22.6 Å². The van der Waals surface area contributed by atoms with Gasteiger partial charge in [-0.15, -0.1) is 0 Å². The lowest BCUT2D eigenvalue weighted by atomic mass is 10.1. The highest BCUT2D eigenvalue weighted by Gasteiger charge is 2.07. The fourth-order valence-corrected chi connectivity index (χ4v) is 2.29. The van der Waals surface area contributed by atoms with Gasteiger partial charge in [0.15, 0.2) is 0 Å². The summed E-state index contributed by atoms with van der Waals surface area (Å²) < 4.78 is 2.14. The van der Waals surface area contributed by atoms with Crippen molar-refractivity contribution in [2.45, 2.75) is 25.9 Å². The number of nitrogens with zero attached hydrogens (tertiary/aromatic N) is 2. The lowest BCUT2D eigenvalue weighted by Crippen LogP contribution is -2.20. The van der Waals surface area contributed by atoms with Gasteiger partial charge in [0.05, 0.1) is 11.6 Å². The molecule has 4 heteroatoms. The molecule has 98 valence electrons. The molecule has 2 rings (SSSR count). The summed E-state index contributed by atoms with van der Waals surface area (Å²) in [5.41, 5.74) is 8.61. The van der Waals surface area contributed by atoms with Crippen LogP contribution in [0.2, 0.25) is 5.02 Å². The molecule has 1 atom stereocenters. The van der Waals surface area contributed by atoms with Gasteiger partial charge in [0.2, 0.25) is 0 Å². The van der Waals surface area contributed by atoms with Gasteiger partial charge in [0.1, 0.15) is 0 Å². The molecule has 0 aliphatic heterocycles. The van der Waals surface area contributed by atoms with E-state index >= 15 is 0 Å². The van der Waals surface area contributed by atoms with Crippen LogP contribution in [0, 0.1) is 11.3 Å². The standard InChI is InChI=1S/C15H16ClN3/c1-11(18)7-14-3-2-6-19(14)10-13-5-4-12(9-17)8-15(13)16/h2-6,8,11H,7,10,18H2,1H3. The van der Waals surface area contributed by atoms with Crippen LogP contribution in [-0.2, 0) is 13.0 Å². The maximum atomic E-state index is 8.83. The first kappa shape index (κ1) is 13.7. The molecule has 0 saturated heterocycles. The molecular weight excluding hydrogens is 258 g/mol. The molecule has 2 N–H and O–H groups in total. The number of rotatable bonds is 4. The number of hydrogen-bond acceptors (Lipinski definition) is 2. The third-order valence-corrected chi connectivity index (χ3v) is 3.33. The van der Waals surface area contributed by atoms with E-state index in [2.05, 4.69) is 16.7 Å². The number of nitriles is 1. The number of benzene rings is 1. The van der Waals surface area contributed by atoms with Gasteiger partial charge in [-0.05, 0) is 36.8 Å². The molecule has 0 aliphatic rings. The molecule has 19 heavy (non-hydrogen) atoms. The van der Waals surface area contributed by atoms with Gasteiger partial charge in [0, 0.05) is 35.9 Å². The maximum absolute atomic E-state index is 8.83. The smallest absolute Gasteiger partial charge is 0.0992 e. The third-order valence-electron chi connectivity index (χ3n) is 2.98. The van der Waals surface area contributed by atoms with Crippen LogP contribution in [0.3, 0.4) is 0 Å². The number of halogens is 1. The Balaban J connectivity index is 2.22. The average molecular weight is 274 g/mol. The normalized spacial score (nSPS) is 12.1. The molecule has 0 spiro atoms. The number of nitrogens with two attached hydrogens (primary N) is 1. The third kappa shape index (κ3) is 3.37. The molecule has 2 aromatic rings. The molecule has 0 fully saturated rings. The Morgan fingerprint density at radius 3 is 2.84 bits per heavy atom. The predicted octanol–water partition coefficient (Wildman–Crippen LogP) is 2.95. The summed E-state index contributed by atoms with van der Waals surface area (Å²) in [6.45, 7) is 2.69. The second-order valence-electron chi connectivity index (χ2n) is 4.73. The Labute approximate surface area is 118 Å². The fourth-order valence-electron chi connectivity index (χ4n) is 2.05. The minimum absolute atomic E-state index is 0.130. The van der Waals surface area contributed by atoms with Gasteiger partial charge in [-0.2, -0.15) is 5.26 Å². The van der Waals surface area contributed by atoms with Crippen LogP contribution in [0.15, 0.2) is 36.5 Å². The summed E-state index contributed by atoms with van der Waals surface area (Å²) in [5, 5.41) is 9.45. The van der Waals surface area contributed by atoms with E-state index in [1.54, 1.807) is 12.1 Å². The van der Waals surface area contributed by atoms with Crippen molar-refractivity contribution >= 4 is 11.6 Å². The van der Waals surface area contributed by atoms with E-state index in [0.29, 0.717) is 17.1 Å². The molecule has 0 aliphatic carbocycles.